The van der Waals surface area contributed by atoms with Crippen molar-refractivity contribution in [2.45, 2.75) is 44.8 Å². The Bertz CT molecular complexity index is 483. The van der Waals surface area contributed by atoms with Crippen LogP contribution in [-0.4, -0.2) is 40.7 Å². The summed E-state index contributed by atoms with van der Waals surface area (Å²) in [5.41, 5.74) is -1.05. The smallest absolute Gasteiger partial charge is 0.266 e. The van der Waals surface area contributed by atoms with Crippen molar-refractivity contribution in [2.75, 3.05) is 13.2 Å². The zero-order valence-electron chi connectivity index (χ0n) is 12.5. The Kier molecular flexibility index (Phi) is 4.83. The molecular formula is C16H22FNO3. The fraction of sp³-hybridized carbons (Fsp3) is 0.562. The number of ether oxygens (including phenoxy) is 1. The van der Waals surface area contributed by atoms with Gasteiger partial charge in [-0.15, -0.1) is 0 Å². The van der Waals surface area contributed by atoms with Gasteiger partial charge in [-0.1, -0.05) is 0 Å². The van der Waals surface area contributed by atoms with Crippen LogP contribution in [0.3, 0.4) is 0 Å². The van der Waals surface area contributed by atoms with Crippen LogP contribution < -0.4 is 4.74 Å². The predicted octanol–water partition coefficient (Wildman–Crippen LogP) is 2.36. The van der Waals surface area contributed by atoms with Gasteiger partial charge in [-0.05, 0) is 57.4 Å². The van der Waals surface area contributed by atoms with E-state index in [2.05, 4.69) is 0 Å². The Morgan fingerprint density at radius 1 is 1.38 bits per heavy atom. The van der Waals surface area contributed by atoms with E-state index in [1.54, 1.807) is 18.7 Å². The van der Waals surface area contributed by atoms with Gasteiger partial charge in [0, 0.05) is 12.6 Å². The van der Waals surface area contributed by atoms with Crippen LogP contribution in [0.4, 0.5) is 4.39 Å². The molecule has 116 valence electrons. The zero-order valence-corrected chi connectivity index (χ0v) is 12.5. The highest BCUT2D eigenvalue weighted by Crippen LogP contribution is 2.28. The normalized spacial score (nSPS) is 15.4. The SMILES string of the molecule is CC(C)(Oc1ccc(F)cc1)C(=O)N(CCO)C1CCC1. The Balaban J connectivity index is 2.08. The summed E-state index contributed by atoms with van der Waals surface area (Å²) < 4.78 is 18.6. The minimum absolute atomic E-state index is 0.0606. The van der Waals surface area contributed by atoms with Crippen LogP contribution in [-0.2, 0) is 4.79 Å². The first-order valence-corrected chi connectivity index (χ1v) is 7.30. The molecule has 0 radical (unpaired) electrons. The molecule has 0 unspecified atom stereocenters. The molecule has 0 aromatic heterocycles. The molecule has 1 aromatic carbocycles. The minimum Gasteiger partial charge on any atom is -0.478 e. The molecule has 1 N–H and O–H groups in total. The van der Waals surface area contributed by atoms with Crippen LogP contribution in [0.1, 0.15) is 33.1 Å². The maximum Gasteiger partial charge on any atom is 0.266 e. The van der Waals surface area contributed by atoms with Crippen LogP contribution in [0, 0.1) is 5.82 Å². The first kappa shape index (κ1) is 15.8. The third-order valence-corrected chi connectivity index (χ3v) is 3.82. The zero-order chi connectivity index (χ0) is 15.5. The number of aliphatic hydroxyl groups excluding tert-OH is 1. The topological polar surface area (TPSA) is 49.8 Å². The highest BCUT2D eigenvalue weighted by molar-refractivity contribution is 5.85. The number of benzene rings is 1. The Morgan fingerprint density at radius 2 is 2.00 bits per heavy atom. The molecule has 0 bridgehead atoms. The van der Waals surface area contributed by atoms with E-state index >= 15 is 0 Å². The predicted molar refractivity (Wildman–Crippen MR) is 77.5 cm³/mol. The second kappa shape index (κ2) is 6.43. The number of rotatable bonds is 6. The van der Waals surface area contributed by atoms with Crippen molar-refractivity contribution in [3.05, 3.63) is 30.1 Å². The van der Waals surface area contributed by atoms with Crippen molar-refractivity contribution in [1.29, 1.82) is 0 Å². The molecular weight excluding hydrogens is 273 g/mol. The van der Waals surface area contributed by atoms with Crippen LogP contribution >= 0.6 is 0 Å². The molecule has 5 heteroatoms. The Hall–Kier alpha value is -1.62. The summed E-state index contributed by atoms with van der Waals surface area (Å²) >= 11 is 0. The molecule has 1 aliphatic rings. The molecule has 1 amide bonds. The Labute approximate surface area is 124 Å². The van der Waals surface area contributed by atoms with Gasteiger partial charge in [0.05, 0.1) is 6.61 Å². The van der Waals surface area contributed by atoms with Crippen LogP contribution in [0.15, 0.2) is 24.3 Å². The van der Waals surface area contributed by atoms with Crippen molar-refractivity contribution < 1.29 is 19.0 Å². The van der Waals surface area contributed by atoms with Crippen molar-refractivity contribution in [1.82, 2.24) is 4.90 Å². The lowest BCUT2D eigenvalue weighted by Crippen LogP contribution is -2.55. The van der Waals surface area contributed by atoms with Gasteiger partial charge in [0.15, 0.2) is 5.60 Å². The number of hydrogen-bond donors (Lipinski definition) is 1. The average molecular weight is 295 g/mol. The molecule has 4 nitrogen and oxygen atoms in total. The number of aliphatic hydroxyl groups is 1. The number of nitrogens with zero attached hydrogens (tertiary/aromatic N) is 1. The largest absolute Gasteiger partial charge is 0.478 e. The van der Waals surface area contributed by atoms with E-state index in [0.717, 1.165) is 19.3 Å². The summed E-state index contributed by atoms with van der Waals surface area (Å²) in [4.78, 5) is 14.4. The molecule has 0 atom stereocenters. The molecule has 1 fully saturated rings. The average Bonchev–Trinajstić information content (AvgIpc) is 2.38. The van der Waals surface area contributed by atoms with Gasteiger partial charge < -0.3 is 14.7 Å². The highest BCUT2D eigenvalue weighted by Gasteiger charge is 2.38. The third kappa shape index (κ3) is 3.73. The summed E-state index contributed by atoms with van der Waals surface area (Å²) in [6, 6.07) is 5.80. The Morgan fingerprint density at radius 3 is 2.48 bits per heavy atom. The number of carbonyl (C=O) groups excluding carboxylic acids is 1. The molecule has 0 heterocycles. The van der Waals surface area contributed by atoms with Gasteiger partial charge in [0.1, 0.15) is 11.6 Å². The van der Waals surface area contributed by atoms with Gasteiger partial charge >= 0.3 is 0 Å². The van der Waals surface area contributed by atoms with Crippen molar-refractivity contribution >= 4 is 5.91 Å². The van der Waals surface area contributed by atoms with Gasteiger partial charge in [-0.3, -0.25) is 4.79 Å². The number of halogens is 1. The lowest BCUT2D eigenvalue weighted by atomic mass is 9.90. The molecule has 2 rings (SSSR count). The second-order valence-electron chi connectivity index (χ2n) is 5.87. The van der Waals surface area contributed by atoms with Crippen LogP contribution in [0.5, 0.6) is 5.75 Å². The number of carbonyl (C=O) groups is 1. The quantitative estimate of drug-likeness (QED) is 0.876. The maximum absolute atomic E-state index is 12.9. The van der Waals surface area contributed by atoms with Crippen molar-refractivity contribution in [2.24, 2.45) is 0 Å². The molecule has 0 aliphatic heterocycles. The second-order valence-corrected chi connectivity index (χ2v) is 5.87. The first-order chi connectivity index (χ1) is 9.94. The van der Waals surface area contributed by atoms with Gasteiger partial charge in [0.25, 0.3) is 5.91 Å². The third-order valence-electron chi connectivity index (χ3n) is 3.82. The van der Waals surface area contributed by atoms with E-state index < -0.39 is 5.60 Å². The van der Waals surface area contributed by atoms with Gasteiger partial charge in [-0.25, -0.2) is 4.39 Å². The standard InChI is InChI=1S/C16H22FNO3/c1-16(2,21-14-8-6-12(17)7-9-14)15(20)18(10-11-19)13-4-3-5-13/h6-9,13,19H,3-5,10-11H2,1-2H3. The molecule has 21 heavy (non-hydrogen) atoms. The highest BCUT2D eigenvalue weighted by atomic mass is 19.1. The maximum atomic E-state index is 12.9. The fourth-order valence-electron chi connectivity index (χ4n) is 2.44. The van der Waals surface area contributed by atoms with Crippen LogP contribution in [0.25, 0.3) is 0 Å². The first-order valence-electron chi connectivity index (χ1n) is 7.30. The van der Waals surface area contributed by atoms with E-state index in [1.165, 1.54) is 24.3 Å². The van der Waals surface area contributed by atoms with Crippen molar-refractivity contribution in [3.8, 4) is 5.75 Å². The number of amides is 1. The monoisotopic (exact) mass is 295 g/mol. The summed E-state index contributed by atoms with van der Waals surface area (Å²) in [7, 11) is 0. The molecule has 0 spiro atoms. The van der Waals surface area contributed by atoms with E-state index in [4.69, 9.17) is 9.84 Å². The van der Waals surface area contributed by atoms with E-state index in [-0.39, 0.29) is 24.4 Å². The van der Waals surface area contributed by atoms with Gasteiger partial charge in [0.2, 0.25) is 0 Å². The molecule has 1 aliphatic carbocycles. The van der Waals surface area contributed by atoms with Crippen molar-refractivity contribution in [3.63, 3.8) is 0 Å². The summed E-state index contributed by atoms with van der Waals surface area (Å²) in [5, 5.41) is 9.16. The summed E-state index contributed by atoms with van der Waals surface area (Å²) in [6.45, 7) is 3.65. The minimum atomic E-state index is -1.05. The van der Waals surface area contributed by atoms with E-state index in [9.17, 15) is 9.18 Å². The summed E-state index contributed by atoms with van der Waals surface area (Å²) in [6.07, 6.45) is 3.05. The van der Waals surface area contributed by atoms with E-state index in [0.29, 0.717) is 12.3 Å². The van der Waals surface area contributed by atoms with Gasteiger partial charge in [-0.2, -0.15) is 0 Å². The lowest BCUT2D eigenvalue weighted by molar-refractivity contribution is -0.150. The summed E-state index contributed by atoms with van der Waals surface area (Å²) in [5.74, 6) is -0.0410. The van der Waals surface area contributed by atoms with E-state index in [1.807, 2.05) is 0 Å². The lowest BCUT2D eigenvalue weighted by Gasteiger charge is -2.41. The number of hydrogen-bond acceptors (Lipinski definition) is 3. The molecule has 0 saturated heterocycles. The molecule has 1 saturated carbocycles. The van der Waals surface area contributed by atoms with Crippen LogP contribution in [0.2, 0.25) is 0 Å². The fourth-order valence-corrected chi connectivity index (χ4v) is 2.44. The molecule has 1 aromatic rings.